The Bertz CT molecular complexity index is 899. The van der Waals surface area contributed by atoms with Gasteiger partial charge in [0.2, 0.25) is 5.91 Å². The van der Waals surface area contributed by atoms with Crippen LogP contribution in [-0.4, -0.2) is 35.6 Å². The summed E-state index contributed by atoms with van der Waals surface area (Å²) in [7, 11) is 1.54. The van der Waals surface area contributed by atoms with Crippen LogP contribution in [0.4, 0.5) is 5.69 Å². The zero-order valence-corrected chi connectivity index (χ0v) is 15.8. The Labute approximate surface area is 162 Å². The maximum absolute atomic E-state index is 13.0. The SMILES string of the molecule is CCOc1cc(C(CC(=O)NO)N2Cc3cccc(N)c3C2=O)ccc1OC. The van der Waals surface area contributed by atoms with Gasteiger partial charge in [-0.2, -0.15) is 0 Å². The number of nitrogen functional groups attached to an aromatic ring is 1. The molecule has 1 unspecified atom stereocenters. The second kappa shape index (κ2) is 8.18. The number of fused-ring (bicyclic) bond motifs is 1. The van der Waals surface area contributed by atoms with Crippen molar-refractivity contribution >= 4 is 17.5 Å². The molecule has 0 saturated heterocycles. The molecule has 1 heterocycles. The molecule has 0 aromatic heterocycles. The van der Waals surface area contributed by atoms with Gasteiger partial charge < -0.3 is 20.1 Å². The molecule has 8 nitrogen and oxygen atoms in total. The number of carbonyl (C=O) groups is 2. The summed E-state index contributed by atoms with van der Waals surface area (Å²) >= 11 is 0. The van der Waals surface area contributed by atoms with Gasteiger partial charge in [0.05, 0.1) is 31.7 Å². The van der Waals surface area contributed by atoms with Crippen molar-refractivity contribution in [1.82, 2.24) is 10.4 Å². The van der Waals surface area contributed by atoms with E-state index in [9.17, 15) is 9.59 Å². The van der Waals surface area contributed by atoms with Crippen LogP contribution < -0.4 is 20.7 Å². The molecule has 1 aliphatic rings. The van der Waals surface area contributed by atoms with Crippen LogP contribution in [0.3, 0.4) is 0 Å². The molecule has 0 spiro atoms. The average Bonchev–Trinajstić information content (AvgIpc) is 3.03. The van der Waals surface area contributed by atoms with E-state index >= 15 is 0 Å². The third kappa shape index (κ3) is 3.59. The fourth-order valence-corrected chi connectivity index (χ4v) is 3.46. The summed E-state index contributed by atoms with van der Waals surface area (Å²) in [4.78, 5) is 26.6. The van der Waals surface area contributed by atoms with Crippen molar-refractivity contribution in [2.45, 2.75) is 25.9 Å². The fraction of sp³-hybridized carbons (Fsp3) is 0.300. The first-order valence-corrected chi connectivity index (χ1v) is 8.92. The van der Waals surface area contributed by atoms with Gasteiger partial charge in [-0.3, -0.25) is 14.8 Å². The van der Waals surface area contributed by atoms with Crippen LogP contribution in [0.5, 0.6) is 11.5 Å². The van der Waals surface area contributed by atoms with E-state index in [1.54, 1.807) is 40.7 Å². The third-order valence-corrected chi connectivity index (χ3v) is 4.75. The van der Waals surface area contributed by atoms with Crippen LogP contribution >= 0.6 is 0 Å². The minimum atomic E-state index is -0.614. The van der Waals surface area contributed by atoms with E-state index in [4.69, 9.17) is 20.4 Å². The maximum atomic E-state index is 13.0. The quantitative estimate of drug-likeness (QED) is 0.383. The molecular weight excluding hydrogens is 362 g/mol. The summed E-state index contributed by atoms with van der Waals surface area (Å²) in [5.74, 6) is 0.213. The highest BCUT2D eigenvalue weighted by Crippen LogP contribution is 2.38. The Morgan fingerprint density at radius 3 is 2.75 bits per heavy atom. The molecule has 4 N–H and O–H groups in total. The molecule has 2 amide bonds. The van der Waals surface area contributed by atoms with E-state index in [-0.39, 0.29) is 12.3 Å². The predicted molar refractivity (Wildman–Crippen MR) is 102 cm³/mol. The average molecular weight is 385 g/mol. The number of carbonyl (C=O) groups excluding carboxylic acids is 2. The van der Waals surface area contributed by atoms with Gasteiger partial charge in [-0.05, 0) is 36.2 Å². The Morgan fingerprint density at radius 1 is 1.32 bits per heavy atom. The summed E-state index contributed by atoms with van der Waals surface area (Å²) < 4.78 is 10.9. The van der Waals surface area contributed by atoms with E-state index in [2.05, 4.69) is 0 Å². The molecule has 2 aromatic rings. The van der Waals surface area contributed by atoms with Crippen molar-refractivity contribution in [3.63, 3.8) is 0 Å². The van der Waals surface area contributed by atoms with Crippen molar-refractivity contribution in [2.24, 2.45) is 0 Å². The molecule has 8 heteroatoms. The summed E-state index contributed by atoms with van der Waals surface area (Å²) in [6.45, 7) is 2.61. The summed E-state index contributed by atoms with van der Waals surface area (Å²) in [5.41, 5.74) is 9.98. The lowest BCUT2D eigenvalue weighted by molar-refractivity contribution is -0.130. The van der Waals surface area contributed by atoms with E-state index in [0.717, 1.165) is 5.56 Å². The number of ether oxygens (including phenoxy) is 2. The van der Waals surface area contributed by atoms with Crippen LogP contribution in [0, 0.1) is 0 Å². The Balaban J connectivity index is 2.01. The lowest BCUT2D eigenvalue weighted by Crippen LogP contribution is -2.33. The zero-order valence-electron chi connectivity index (χ0n) is 15.8. The van der Waals surface area contributed by atoms with Crippen LogP contribution in [0.15, 0.2) is 36.4 Å². The summed E-state index contributed by atoms with van der Waals surface area (Å²) in [5, 5.41) is 9.01. The first kappa shape index (κ1) is 19.5. The molecule has 0 aliphatic carbocycles. The number of hydroxylamine groups is 1. The third-order valence-electron chi connectivity index (χ3n) is 4.75. The highest BCUT2D eigenvalue weighted by Gasteiger charge is 2.36. The van der Waals surface area contributed by atoms with E-state index < -0.39 is 11.9 Å². The molecule has 1 atom stereocenters. The van der Waals surface area contributed by atoms with Gasteiger partial charge >= 0.3 is 0 Å². The molecule has 0 saturated carbocycles. The van der Waals surface area contributed by atoms with Crippen LogP contribution in [0.25, 0.3) is 0 Å². The number of amides is 2. The Morgan fingerprint density at radius 2 is 2.11 bits per heavy atom. The van der Waals surface area contributed by atoms with E-state index in [0.29, 0.717) is 41.5 Å². The first-order valence-electron chi connectivity index (χ1n) is 8.92. The number of hydrogen-bond donors (Lipinski definition) is 3. The van der Waals surface area contributed by atoms with Gasteiger partial charge in [0, 0.05) is 12.2 Å². The van der Waals surface area contributed by atoms with Crippen LogP contribution in [0.1, 0.15) is 40.9 Å². The number of nitrogens with zero attached hydrogens (tertiary/aromatic N) is 1. The fourth-order valence-electron chi connectivity index (χ4n) is 3.46. The molecular formula is C20H23N3O5. The highest BCUT2D eigenvalue weighted by atomic mass is 16.5. The predicted octanol–water partition coefficient (Wildman–Crippen LogP) is 2.27. The second-order valence-corrected chi connectivity index (χ2v) is 6.41. The van der Waals surface area contributed by atoms with Gasteiger partial charge in [-0.25, -0.2) is 5.48 Å². The number of nitrogens with one attached hydrogen (secondary N) is 1. The molecule has 148 valence electrons. The molecule has 0 bridgehead atoms. The Hall–Kier alpha value is -3.26. The van der Waals surface area contributed by atoms with Crippen molar-refractivity contribution in [3.8, 4) is 11.5 Å². The van der Waals surface area contributed by atoms with Gasteiger partial charge in [0.25, 0.3) is 5.91 Å². The number of anilines is 1. The number of hydrogen-bond acceptors (Lipinski definition) is 6. The van der Waals surface area contributed by atoms with Crippen LogP contribution in [0.2, 0.25) is 0 Å². The first-order chi connectivity index (χ1) is 13.5. The minimum Gasteiger partial charge on any atom is -0.493 e. The van der Waals surface area contributed by atoms with Crippen molar-refractivity contribution in [3.05, 3.63) is 53.1 Å². The van der Waals surface area contributed by atoms with Gasteiger partial charge in [0.15, 0.2) is 11.5 Å². The number of methoxy groups -OCH3 is 1. The smallest absolute Gasteiger partial charge is 0.257 e. The lowest BCUT2D eigenvalue weighted by atomic mass is 10.0. The van der Waals surface area contributed by atoms with Gasteiger partial charge in [0.1, 0.15) is 0 Å². The number of benzene rings is 2. The van der Waals surface area contributed by atoms with E-state index in [1.807, 2.05) is 13.0 Å². The molecule has 2 aromatic carbocycles. The zero-order chi connectivity index (χ0) is 20.3. The number of rotatable bonds is 7. The topological polar surface area (TPSA) is 114 Å². The van der Waals surface area contributed by atoms with Gasteiger partial charge in [-0.1, -0.05) is 18.2 Å². The van der Waals surface area contributed by atoms with Gasteiger partial charge in [-0.15, -0.1) is 0 Å². The highest BCUT2D eigenvalue weighted by molar-refractivity contribution is 6.03. The Kier molecular flexibility index (Phi) is 5.70. The molecule has 1 aliphatic heterocycles. The molecule has 3 rings (SSSR count). The monoisotopic (exact) mass is 385 g/mol. The summed E-state index contributed by atoms with van der Waals surface area (Å²) in [6, 6.07) is 9.94. The van der Waals surface area contributed by atoms with E-state index in [1.165, 1.54) is 7.11 Å². The lowest BCUT2D eigenvalue weighted by Gasteiger charge is -2.28. The van der Waals surface area contributed by atoms with Crippen molar-refractivity contribution in [2.75, 3.05) is 19.5 Å². The summed E-state index contributed by atoms with van der Waals surface area (Å²) in [6.07, 6.45) is -0.117. The second-order valence-electron chi connectivity index (χ2n) is 6.41. The molecule has 0 fully saturated rings. The molecule has 0 radical (unpaired) electrons. The van der Waals surface area contributed by atoms with Crippen molar-refractivity contribution < 1.29 is 24.3 Å². The minimum absolute atomic E-state index is 0.117. The molecule has 28 heavy (non-hydrogen) atoms. The number of nitrogens with two attached hydrogens (primary N) is 1. The standard InChI is InChI=1S/C20H23N3O5/c1-3-28-17-9-12(7-8-16(17)27-2)15(10-18(24)22-26)23-11-13-5-4-6-14(21)19(13)20(23)25/h4-9,15,26H,3,10-11,21H2,1-2H3,(H,22,24). The van der Waals surface area contributed by atoms with Crippen LogP contribution in [-0.2, 0) is 11.3 Å². The normalized spacial score (nSPS) is 13.8. The van der Waals surface area contributed by atoms with Crippen molar-refractivity contribution in [1.29, 1.82) is 0 Å². The maximum Gasteiger partial charge on any atom is 0.257 e. The largest absolute Gasteiger partial charge is 0.493 e.